The van der Waals surface area contributed by atoms with Crippen molar-refractivity contribution < 1.29 is 5.11 Å². The average molecular weight is 256 g/mol. The first kappa shape index (κ1) is 12.2. The van der Waals surface area contributed by atoms with Gasteiger partial charge in [0.05, 0.1) is 11.6 Å². The maximum Gasteiger partial charge on any atom is 0.116 e. The van der Waals surface area contributed by atoms with E-state index in [-0.39, 0.29) is 5.75 Å². The predicted octanol–water partition coefficient (Wildman–Crippen LogP) is 4.11. The van der Waals surface area contributed by atoms with Crippen LogP contribution in [0.3, 0.4) is 0 Å². The van der Waals surface area contributed by atoms with E-state index >= 15 is 0 Å². The van der Waals surface area contributed by atoms with Gasteiger partial charge in [-0.1, -0.05) is 35.9 Å². The lowest BCUT2D eigenvalue weighted by molar-refractivity contribution is 0.475. The van der Waals surface area contributed by atoms with Crippen LogP contribution < -0.4 is 0 Å². The first-order valence-corrected chi connectivity index (χ1v) is 5.73. The monoisotopic (exact) mass is 255 g/mol. The first-order chi connectivity index (χ1) is 8.69. The zero-order valence-corrected chi connectivity index (χ0v) is 10.2. The van der Waals surface area contributed by atoms with Crippen LogP contribution in [0.25, 0.3) is 11.6 Å². The predicted molar refractivity (Wildman–Crippen MR) is 73.0 cm³/mol. The molecule has 2 aromatic rings. The average Bonchev–Trinajstić information content (AvgIpc) is 2.37. The van der Waals surface area contributed by atoms with Crippen molar-refractivity contribution >= 4 is 23.3 Å². The molecule has 18 heavy (non-hydrogen) atoms. The van der Waals surface area contributed by atoms with Gasteiger partial charge in [-0.25, -0.2) is 0 Å². The molecule has 2 aromatic carbocycles. The molecule has 2 nitrogen and oxygen atoms in total. The van der Waals surface area contributed by atoms with E-state index in [1.165, 1.54) is 0 Å². The van der Waals surface area contributed by atoms with Crippen molar-refractivity contribution in [2.45, 2.75) is 0 Å². The summed E-state index contributed by atoms with van der Waals surface area (Å²) >= 11 is 5.81. The van der Waals surface area contributed by atoms with E-state index in [9.17, 15) is 5.11 Å². The number of nitrogens with zero attached hydrogens (tertiary/aromatic N) is 1. The number of phenolic OH excluding ortho intramolecular Hbond substituents is 1. The van der Waals surface area contributed by atoms with E-state index in [1.54, 1.807) is 48.5 Å². The Bertz CT molecular complexity index is 624. The highest BCUT2D eigenvalue weighted by molar-refractivity contribution is 6.30. The van der Waals surface area contributed by atoms with Gasteiger partial charge in [-0.15, -0.1) is 0 Å². The summed E-state index contributed by atoms with van der Waals surface area (Å²) < 4.78 is 0. The second-order valence-electron chi connectivity index (χ2n) is 3.77. The molecule has 0 heterocycles. The van der Waals surface area contributed by atoms with Crippen molar-refractivity contribution in [3.63, 3.8) is 0 Å². The van der Waals surface area contributed by atoms with E-state index < -0.39 is 0 Å². The molecule has 0 fully saturated rings. The zero-order chi connectivity index (χ0) is 13.0. The van der Waals surface area contributed by atoms with Gasteiger partial charge in [-0.2, -0.15) is 5.26 Å². The third kappa shape index (κ3) is 2.91. The number of hydrogen-bond acceptors (Lipinski definition) is 2. The normalized spacial score (nSPS) is 11.0. The second kappa shape index (κ2) is 5.39. The van der Waals surface area contributed by atoms with Crippen LogP contribution in [0.15, 0.2) is 48.5 Å². The molecule has 1 N–H and O–H groups in total. The Morgan fingerprint density at radius 1 is 1.17 bits per heavy atom. The Labute approximate surface area is 110 Å². The molecule has 0 aliphatic carbocycles. The molecule has 0 atom stereocenters. The zero-order valence-electron chi connectivity index (χ0n) is 9.47. The fourth-order valence-corrected chi connectivity index (χ4v) is 1.72. The largest absolute Gasteiger partial charge is 0.508 e. The number of nitriles is 1. The minimum absolute atomic E-state index is 0.178. The van der Waals surface area contributed by atoms with E-state index in [2.05, 4.69) is 6.07 Å². The molecular weight excluding hydrogens is 246 g/mol. The van der Waals surface area contributed by atoms with Crippen molar-refractivity contribution in [2.24, 2.45) is 0 Å². The Balaban J connectivity index is 2.40. The van der Waals surface area contributed by atoms with Gasteiger partial charge in [-0.05, 0) is 41.5 Å². The lowest BCUT2D eigenvalue weighted by Gasteiger charge is -2.00. The molecule has 88 valence electrons. The van der Waals surface area contributed by atoms with Crippen LogP contribution in [0.1, 0.15) is 11.1 Å². The molecule has 0 radical (unpaired) electrons. The number of phenols is 1. The number of allylic oxidation sites excluding steroid dienone is 1. The van der Waals surface area contributed by atoms with E-state index in [1.807, 2.05) is 6.07 Å². The standard InChI is InChI=1S/C15H10ClNO/c16-14-6-4-12(5-7-14)13(10-17)8-11-2-1-3-15(18)9-11/h1-9,18H/b13-8-. The maximum absolute atomic E-state index is 9.38. The van der Waals surface area contributed by atoms with Crippen LogP contribution >= 0.6 is 11.6 Å². The Morgan fingerprint density at radius 2 is 1.89 bits per heavy atom. The van der Waals surface area contributed by atoms with Crippen LogP contribution in [0, 0.1) is 11.3 Å². The first-order valence-electron chi connectivity index (χ1n) is 5.36. The fraction of sp³-hybridized carbons (Fsp3) is 0. The highest BCUT2D eigenvalue weighted by Crippen LogP contribution is 2.21. The van der Waals surface area contributed by atoms with Gasteiger partial charge in [0.2, 0.25) is 0 Å². The molecule has 3 heteroatoms. The third-order valence-corrected chi connectivity index (χ3v) is 2.71. The summed E-state index contributed by atoms with van der Waals surface area (Å²) in [4.78, 5) is 0. The van der Waals surface area contributed by atoms with Gasteiger partial charge in [0.25, 0.3) is 0 Å². The molecule has 0 aliphatic heterocycles. The maximum atomic E-state index is 9.38. The minimum Gasteiger partial charge on any atom is -0.508 e. The second-order valence-corrected chi connectivity index (χ2v) is 4.21. The molecule has 0 aromatic heterocycles. The van der Waals surface area contributed by atoms with E-state index in [0.717, 1.165) is 11.1 Å². The van der Waals surface area contributed by atoms with Gasteiger partial charge in [0.15, 0.2) is 0 Å². The van der Waals surface area contributed by atoms with Crippen molar-refractivity contribution in [1.29, 1.82) is 5.26 Å². The molecule has 0 spiro atoms. The lowest BCUT2D eigenvalue weighted by atomic mass is 10.0. The van der Waals surface area contributed by atoms with Gasteiger partial charge in [0.1, 0.15) is 5.75 Å². The summed E-state index contributed by atoms with van der Waals surface area (Å²) in [7, 11) is 0. The number of hydrogen-bond donors (Lipinski definition) is 1. The van der Waals surface area contributed by atoms with Gasteiger partial charge in [-0.3, -0.25) is 0 Å². The van der Waals surface area contributed by atoms with Crippen molar-refractivity contribution in [2.75, 3.05) is 0 Å². The molecular formula is C15H10ClNO. The number of halogens is 1. The summed E-state index contributed by atoms with van der Waals surface area (Å²) in [6.45, 7) is 0. The highest BCUT2D eigenvalue weighted by Gasteiger charge is 2.01. The Kier molecular flexibility index (Phi) is 3.66. The summed E-state index contributed by atoms with van der Waals surface area (Å²) in [5.74, 6) is 0.178. The van der Waals surface area contributed by atoms with E-state index in [0.29, 0.717) is 10.6 Å². The summed E-state index contributed by atoms with van der Waals surface area (Å²) in [6, 6.07) is 16.0. The SMILES string of the molecule is N#C/C(=C/c1cccc(O)c1)c1ccc(Cl)cc1. The molecule has 0 amide bonds. The Morgan fingerprint density at radius 3 is 2.50 bits per heavy atom. The van der Waals surface area contributed by atoms with Crippen molar-refractivity contribution in [1.82, 2.24) is 0 Å². The van der Waals surface area contributed by atoms with Gasteiger partial charge >= 0.3 is 0 Å². The summed E-state index contributed by atoms with van der Waals surface area (Å²) in [5, 5.41) is 19.2. The summed E-state index contributed by atoms with van der Waals surface area (Å²) in [6.07, 6.45) is 1.73. The molecule has 0 unspecified atom stereocenters. The van der Waals surface area contributed by atoms with E-state index in [4.69, 9.17) is 16.9 Å². The molecule has 0 bridgehead atoms. The lowest BCUT2D eigenvalue weighted by Crippen LogP contribution is -1.81. The van der Waals surface area contributed by atoms with Gasteiger partial charge in [0, 0.05) is 5.02 Å². The minimum atomic E-state index is 0.178. The third-order valence-electron chi connectivity index (χ3n) is 2.46. The Hall–Kier alpha value is -2.24. The highest BCUT2D eigenvalue weighted by atomic mass is 35.5. The van der Waals surface area contributed by atoms with Crippen LogP contribution in [-0.4, -0.2) is 5.11 Å². The van der Waals surface area contributed by atoms with Crippen LogP contribution in [0.5, 0.6) is 5.75 Å². The smallest absolute Gasteiger partial charge is 0.116 e. The number of benzene rings is 2. The van der Waals surface area contributed by atoms with Gasteiger partial charge < -0.3 is 5.11 Å². The van der Waals surface area contributed by atoms with Crippen LogP contribution in [0.2, 0.25) is 5.02 Å². The number of aromatic hydroxyl groups is 1. The quantitative estimate of drug-likeness (QED) is 0.648. The molecule has 0 saturated heterocycles. The molecule has 0 saturated carbocycles. The summed E-state index contributed by atoms with van der Waals surface area (Å²) in [5.41, 5.74) is 2.10. The number of rotatable bonds is 2. The fourth-order valence-electron chi connectivity index (χ4n) is 1.59. The topological polar surface area (TPSA) is 44.0 Å². The van der Waals surface area contributed by atoms with Crippen molar-refractivity contribution in [3.05, 3.63) is 64.7 Å². The molecule has 2 rings (SSSR count). The van der Waals surface area contributed by atoms with Crippen LogP contribution in [0.4, 0.5) is 0 Å². The van der Waals surface area contributed by atoms with Crippen molar-refractivity contribution in [3.8, 4) is 11.8 Å². The molecule has 0 aliphatic rings. The van der Waals surface area contributed by atoms with Crippen LogP contribution in [-0.2, 0) is 0 Å².